The van der Waals surface area contributed by atoms with Crippen LogP contribution in [0.1, 0.15) is 15.9 Å². The molecule has 8 heteroatoms. The average Bonchev–Trinajstić information content (AvgIpc) is 2.75. The Morgan fingerprint density at radius 2 is 1.66 bits per heavy atom. The van der Waals surface area contributed by atoms with Gasteiger partial charge in [-0.05, 0) is 29.8 Å². The fourth-order valence-electron chi connectivity index (χ4n) is 3.01. The molecule has 2 aromatic carbocycles. The van der Waals surface area contributed by atoms with Crippen LogP contribution < -0.4 is 16.4 Å². The minimum atomic E-state index is -0.761. The van der Waals surface area contributed by atoms with E-state index in [1.807, 2.05) is 30.3 Å². The number of nitrogens with zero attached hydrogens (tertiary/aromatic N) is 1. The van der Waals surface area contributed by atoms with Crippen molar-refractivity contribution >= 4 is 23.5 Å². The van der Waals surface area contributed by atoms with Gasteiger partial charge >= 0.3 is 6.03 Å². The first kappa shape index (κ1) is 20.3. The third-order valence-corrected chi connectivity index (χ3v) is 4.63. The zero-order valence-corrected chi connectivity index (χ0v) is 16.0. The number of carbonyl (C=O) groups excluding carboxylic acids is 3. The number of ether oxygens (including phenoxy) is 1. The molecule has 1 saturated heterocycles. The van der Waals surface area contributed by atoms with Gasteiger partial charge in [0.1, 0.15) is 6.04 Å². The van der Waals surface area contributed by atoms with Gasteiger partial charge in [-0.25, -0.2) is 4.79 Å². The first-order valence-corrected chi connectivity index (χ1v) is 9.41. The molecule has 2 aromatic rings. The predicted octanol–water partition coefficient (Wildman–Crippen LogP) is 1.38. The number of benzene rings is 2. The predicted molar refractivity (Wildman–Crippen MR) is 108 cm³/mol. The number of hydrogen-bond acceptors (Lipinski definition) is 4. The van der Waals surface area contributed by atoms with E-state index >= 15 is 0 Å². The van der Waals surface area contributed by atoms with Gasteiger partial charge in [0.05, 0.1) is 13.2 Å². The SMILES string of the molecule is NC(=O)c1ccc(NC(=O)[C@H](Cc2ccccc2)NC(=O)N2CCOCC2)cc1. The number of nitrogens with two attached hydrogens (primary N) is 1. The molecule has 1 atom stereocenters. The van der Waals surface area contributed by atoms with Gasteiger partial charge in [-0.2, -0.15) is 0 Å². The monoisotopic (exact) mass is 396 g/mol. The minimum absolute atomic E-state index is 0.298. The maximum atomic E-state index is 12.9. The van der Waals surface area contributed by atoms with Crippen LogP contribution in [0.5, 0.6) is 0 Å². The summed E-state index contributed by atoms with van der Waals surface area (Å²) in [4.78, 5) is 38.3. The average molecular weight is 396 g/mol. The molecule has 1 aliphatic heterocycles. The van der Waals surface area contributed by atoms with Crippen LogP contribution in [0, 0.1) is 0 Å². The lowest BCUT2D eigenvalue weighted by molar-refractivity contribution is -0.118. The summed E-state index contributed by atoms with van der Waals surface area (Å²) in [5.74, 6) is -0.884. The summed E-state index contributed by atoms with van der Waals surface area (Å²) in [7, 11) is 0. The molecule has 1 heterocycles. The summed E-state index contributed by atoms with van der Waals surface area (Å²) in [5, 5.41) is 5.62. The quantitative estimate of drug-likeness (QED) is 0.684. The molecule has 0 aromatic heterocycles. The lowest BCUT2D eigenvalue weighted by atomic mass is 10.1. The van der Waals surface area contributed by atoms with E-state index in [1.54, 1.807) is 17.0 Å². The molecule has 152 valence electrons. The van der Waals surface area contributed by atoms with E-state index in [0.29, 0.717) is 44.0 Å². The van der Waals surface area contributed by atoms with Crippen LogP contribution in [-0.4, -0.2) is 55.1 Å². The van der Waals surface area contributed by atoms with Crippen molar-refractivity contribution in [2.45, 2.75) is 12.5 Å². The van der Waals surface area contributed by atoms with E-state index < -0.39 is 11.9 Å². The van der Waals surface area contributed by atoms with Crippen molar-refractivity contribution in [1.29, 1.82) is 0 Å². The minimum Gasteiger partial charge on any atom is -0.378 e. The van der Waals surface area contributed by atoms with Crippen molar-refractivity contribution in [3.05, 3.63) is 65.7 Å². The highest BCUT2D eigenvalue weighted by Crippen LogP contribution is 2.12. The fraction of sp³-hybridized carbons (Fsp3) is 0.286. The molecular weight excluding hydrogens is 372 g/mol. The maximum absolute atomic E-state index is 12.9. The topological polar surface area (TPSA) is 114 Å². The normalized spacial score (nSPS) is 14.7. The number of carbonyl (C=O) groups is 3. The van der Waals surface area contributed by atoms with Gasteiger partial charge in [0.25, 0.3) is 0 Å². The van der Waals surface area contributed by atoms with E-state index in [1.165, 1.54) is 12.1 Å². The molecule has 8 nitrogen and oxygen atoms in total. The Balaban J connectivity index is 1.71. The smallest absolute Gasteiger partial charge is 0.318 e. The number of amides is 4. The Labute approximate surface area is 169 Å². The Hall–Kier alpha value is -3.39. The van der Waals surface area contributed by atoms with Crippen LogP contribution in [0.4, 0.5) is 10.5 Å². The summed E-state index contributed by atoms with van der Waals surface area (Å²) in [6.07, 6.45) is 0.349. The number of urea groups is 1. The lowest BCUT2D eigenvalue weighted by Gasteiger charge is -2.29. The summed E-state index contributed by atoms with van der Waals surface area (Å²) < 4.78 is 5.27. The first-order chi connectivity index (χ1) is 14.0. The van der Waals surface area contributed by atoms with Crippen molar-refractivity contribution in [2.75, 3.05) is 31.6 Å². The Morgan fingerprint density at radius 3 is 2.28 bits per heavy atom. The van der Waals surface area contributed by atoms with Crippen molar-refractivity contribution in [3.8, 4) is 0 Å². The van der Waals surface area contributed by atoms with Crippen LogP contribution in [-0.2, 0) is 16.0 Å². The molecule has 0 radical (unpaired) electrons. The maximum Gasteiger partial charge on any atom is 0.318 e. The van der Waals surface area contributed by atoms with E-state index in [2.05, 4.69) is 10.6 Å². The third-order valence-electron chi connectivity index (χ3n) is 4.63. The highest BCUT2D eigenvalue weighted by Gasteiger charge is 2.25. The third kappa shape index (κ3) is 5.79. The highest BCUT2D eigenvalue weighted by atomic mass is 16.5. The molecule has 4 amide bonds. The molecule has 3 rings (SSSR count). The van der Waals surface area contributed by atoms with Crippen molar-refractivity contribution in [2.24, 2.45) is 5.73 Å². The zero-order chi connectivity index (χ0) is 20.6. The zero-order valence-electron chi connectivity index (χ0n) is 16.0. The molecular formula is C21H24N4O4. The van der Waals surface area contributed by atoms with E-state index in [-0.39, 0.29) is 11.9 Å². The number of nitrogens with one attached hydrogen (secondary N) is 2. The van der Waals surface area contributed by atoms with Crippen LogP contribution in [0.2, 0.25) is 0 Å². The summed E-state index contributed by atoms with van der Waals surface area (Å²) >= 11 is 0. The number of primary amides is 1. The van der Waals surface area contributed by atoms with Crippen LogP contribution >= 0.6 is 0 Å². The number of hydrogen-bond donors (Lipinski definition) is 3. The summed E-state index contributed by atoms with van der Waals surface area (Å²) in [5.41, 5.74) is 7.03. The standard InChI is InChI=1S/C21H24N4O4/c22-19(26)16-6-8-17(9-7-16)23-20(27)18(14-15-4-2-1-3-5-15)24-21(28)25-10-12-29-13-11-25/h1-9,18H,10-14H2,(H2,22,26)(H,23,27)(H,24,28)/t18-/m0/s1. The van der Waals surface area contributed by atoms with Gasteiger partial charge in [0.2, 0.25) is 11.8 Å². The van der Waals surface area contributed by atoms with Crippen LogP contribution in [0.3, 0.4) is 0 Å². The first-order valence-electron chi connectivity index (χ1n) is 9.41. The number of anilines is 1. The Bertz CT molecular complexity index is 849. The highest BCUT2D eigenvalue weighted by molar-refractivity contribution is 5.98. The van der Waals surface area contributed by atoms with Crippen molar-refractivity contribution in [1.82, 2.24) is 10.2 Å². The molecule has 0 unspecified atom stereocenters. The largest absolute Gasteiger partial charge is 0.378 e. The molecule has 0 bridgehead atoms. The van der Waals surface area contributed by atoms with E-state index in [0.717, 1.165) is 5.56 Å². The van der Waals surface area contributed by atoms with Gasteiger partial charge in [-0.1, -0.05) is 30.3 Å². The second-order valence-electron chi connectivity index (χ2n) is 6.72. The second kappa shape index (κ2) is 9.70. The van der Waals surface area contributed by atoms with Crippen molar-refractivity contribution in [3.63, 3.8) is 0 Å². The molecule has 0 spiro atoms. The molecule has 4 N–H and O–H groups in total. The molecule has 29 heavy (non-hydrogen) atoms. The molecule has 1 fully saturated rings. The fourth-order valence-corrected chi connectivity index (χ4v) is 3.01. The lowest BCUT2D eigenvalue weighted by Crippen LogP contribution is -2.53. The second-order valence-corrected chi connectivity index (χ2v) is 6.72. The molecule has 0 aliphatic carbocycles. The molecule has 1 aliphatic rings. The van der Waals surface area contributed by atoms with Crippen LogP contribution in [0.15, 0.2) is 54.6 Å². The van der Waals surface area contributed by atoms with Crippen LogP contribution in [0.25, 0.3) is 0 Å². The summed E-state index contributed by atoms with van der Waals surface area (Å²) in [6.45, 7) is 1.94. The van der Waals surface area contributed by atoms with E-state index in [9.17, 15) is 14.4 Å². The van der Waals surface area contributed by atoms with Gasteiger partial charge < -0.3 is 26.0 Å². The van der Waals surface area contributed by atoms with E-state index in [4.69, 9.17) is 10.5 Å². The molecule has 0 saturated carbocycles. The van der Waals surface area contributed by atoms with Gasteiger partial charge in [-0.3, -0.25) is 9.59 Å². The number of rotatable bonds is 6. The van der Waals surface area contributed by atoms with Crippen molar-refractivity contribution < 1.29 is 19.1 Å². The van der Waals surface area contributed by atoms with Gasteiger partial charge in [-0.15, -0.1) is 0 Å². The Kier molecular flexibility index (Phi) is 6.80. The van der Waals surface area contributed by atoms with Gasteiger partial charge in [0.15, 0.2) is 0 Å². The Morgan fingerprint density at radius 1 is 1.00 bits per heavy atom. The summed E-state index contributed by atoms with van der Waals surface area (Å²) in [6, 6.07) is 14.7. The van der Waals surface area contributed by atoms with Gasteiger partial charge in [0, 0.05) is 30.8 Å². The number of morpholine rings is 1.